The third-order valence-electron chi connectivity index (χ3n) is 2.81. The second-order valence-corrected chi connectivity index (χ2v) is 5.10. The van der Waals surface area contributed by atoms with Gasteiger partial charge in [0, 0.05) is 19.3 Å². The van der Waals surface area contributed by atoms with Crippen LogP contribution < -0.4 is 4.90 Å². The molecule has 0 spiro atoms. The van der Waals surface area contributed by atoms with Crippen LogP contribution in [-0.2, 0) is 18.0 Å². The summed E-state index contributed by atoms with van der Waals surface area (Å²) in [6.45, 7) is 3.35. The molecule has 0 bridgehead atoms. The van der Waals surface area contributed by atoms with Crippen LogP contribution in [0.5, 0.6) is 0 Å². The molecule has 1 N–H and O–H groups in total. The summed E-state index contributed by atoms with van der Waals surface area (Å²) in [6.07, 6.45) is 0. The highest BCUT2D eigenvalue weighted by Gasteiger charge is 2.15. The Labute approximate surface area is 117 Å². The first-order chi connectivity index (χ1) is 9.30. The first kappa shape index (κ1) is 14.0. The summed E-state index contributed by atoms with van der Waals surface area (Å²) in [5.74, 6) is 0. The average molecular weight is 278 g/mol. The van der Waals surface area contributed by atoms with Crippen LogP contribution in [0.2, 0.25) is 0 Å². The molecule has 0 aliphatic rings. The largest absolute Gasteiger partial charge is 0.391 e. The van der Waals surface area contributed by atoms with E-state index < -0.39 is 0 Å². The lowest BCUT2D eigenvalue weighted by Gasteiger charge is -2.19. The second kappa shape index (κ2) is 6.65. The molecule has 4 nitrogen and oxygen atoms in total. The number of thiazole rings is 1. The van der Waals surface area contributed by atoms with Crippen molar-refractivity contribution < 1.29 is 9.84 Å². The topological polar surface area (TPSA) is 45.6 Å². The first-order valence-corrected chi connectivity index (χ1v) is 7.02. The molecular formula is C14H18N2O2S. The van der Waals surface area contributed by atoms with E-state index >= 15 is 0 Å². The van der Waals surface area contributed by atoms with E-state index in [-0.39, 0.29) is 6.61 Å². The highest BCUT2D eigenvalue weighted by Crippen LogP contribution is 2.31. The number of hydrogen-bond acceptors (Lipinski definition) is 5. The van der Waals surface area contributed by atoms with Gasteiger partial charge in [-0.3, -0.25) is 0 Å². The van der Waals surface area contributed by atoms with E-state index in [1.807, 2.05) is 18.2 Å². The molecule has 0 aliphatic carbocycles. The molecule has 102 valence electrons. The number of aromatic nitrogens is 1. The molecular weight excluding hydrogens is 260 g/mol. The zero-order valence-corrected chi connectivity index (χ0v) is 12.0. The quantitative estimate of drug-likeness (QED) is 0.882. The summed E-state index contributed by atoms with van der Waals surface area (Å²) in [6, 6.07) is 10.1. The Balaban J connectivity index is 2.33. The number of anilines is 2. The maximum Gasteiger partial charge on any atom is 0.190 e. The van der Waals surface area contributed by atoms with Crippen LogP contribution in [-0.4, -0.2) is 23.7 Å². The predicted octanol–water partition coefficient (Wildman–Crippen LogP) is 2.94. The number of ether oxygens (including phenoxy) is 1. The molecule has 5 heteroatoms. The van der Waals surface area contributed by atoms with Gasteiger partial charge < -0.3 is 14.7 Å². The van der Waals surface area contributed by atoms with Gasteiger partial charge in [0.05, 0.1) is 23.8 Å². The van der Waals surface area contributed by atoms with Gasteiger partial charge >= 0.3 is 0 Å². The highest BCUT2D eigenvalue weighted by atomic mass is 32.1. The normalized spacial score (nSPS) is 10.7. The van der Waals surface area contributed by atoms with E-state index in [0.29, 0.717) is 6.61 Å². The molecule has 2 rings (SSSR count). The second-order valence-electron chi connectivity index (χ2n) is 4.04. The summed E-state index contributed by atoms with van der Waals surface area (Å²) in [7, 11) is 1.63. The van der Waals surface area contributed by atoms with Gasteiger partial charge in [0.25, 0.3) is 0 Å². The maximum atomic E-state index is 9.38. The van der Waals surface area contributed by atoms with E-state index in [1.165, 1.54) is 11.3 Å². The molecule has 19 heavy (non-hydrogen) atoms. The molecule has 2 aromatic rings. The Morgan fingerprint density at radius 2 is 2.05 bits per heavy atom. The number of nitrogens with zero attached hydrogens (tertiary/aromatic N) is 2. The van der Waals surface area contributed by atoms with Crippen molar-refractivity contribution in [2.45, 2.75) is 20.1 Å². The number of hydrogen-bond donors (Lipinski definition) is 1. The van der Waals surface area contributed by atoms with Crippen molar-refractivity contribution in [2.75, 3.05) is 18.6 Å². The lowest BCUT2D eigenvalue weighted by Crippen LogP contribution is -2.15. The van der Waals surface area contributed by atoms with Gasteiger partial charge in [-0.25, -0.2) is 4.98 Å². The molecule has 0 saturated heterocycles. The van der Waals surface area contributed by atoms with Gasteiger partial charge in [-0.2, -0.15) is 0 Å². The van der Waals surface area contributed by atoms with Gasteiger partial charge in [0.15, 0.2) is 5.13 Å². The lowest BCUT2D eigenvalue weighted by molar-refractivity contribution is 0.179. The first-order valence-electron chi connectivity index (χ1n) is 6.21. The van der Waals surface area contributed by atoms with E-state index in [0.717, 1.165) is 27.9 Å². The van der Waals surface area contributed by atoms with Crippen LogP contribution in [0.1, 0.15) is 17.5 Å². The van der Waals surface area contributed by atoms with E-state index in [4.69, 9.17) is 4.74 Å². The van der Waals surface area contributed by atoms with Crippen LogP contribution in [0.3, 0.4) is 0 Å². The van der Waals surface area contributed by atoms with Gasteiger partial charge in [-0.15, -0.1) is 0 Å². The van der Waals surface area contributed by atoms with Gasteiger partial charge in [-0.05, 0) is 19.1 Å². The fourth-order valence-electron chi connectivity index (χ4n) is 1.89. The third kappa shape index (κ3) is 3.12. The Kier molecular flexibility index (Phi) is 4.90. The number of benzene rings is 1. The molecule has 0 atom stereocenters. The van der Waals surface area contributed by atoms with Gasteiger partial charge in [-0.1, -0.05) is 29.5 Å². The molecule has 0 aliphatic heterocycles. The molecule has 0 fully saturated rings. The van der Waals surface area contributed by atoms with Crippen LogP contribution in [0.4, 0.5) is 10.8 Å². The van der Waals surface area contributed by atoms with Crippen molar-refractivity contribution >= 4 is 22.2 Å². The summed E-state index contributed by atoms with van der Waals surface area (Å²) < 4.78 is 5.12. The number of aliphatic hydroxyl groups excluding tert-OH is 1. The zero-order chi connectivity index (χ0) is 13.7. The fourth-order valence-corrected chi connectivity index (χ4v) is 2.90. The Morgan fingerprint density at radius 3 is 2.63 bits per heavy atom. The number of rotatable bonds is 6. The molecule has 0 radical (unpaired) electrons. The molecule has 1 aromatic heterocycles. The zero-order valence-electron chi connectivity index (χ0n) is 11.2. The van der Waals surface area contributed by atoms with Crippen LogP contribution in [0, 0.1) is 0 Å². The predicted molar refractivity (Wildman–Crippen MR) is 77.9 cm³/mol. The molecule has 1 heterocycles. The number of methoxy groups -OCH3 is 1. The SMILES string of the molecule is CCN(c1ccccc1)c1nc(COC)c(CO)s1. The minimum Gasteiger partial charge on any atom is -0.391 e. The Bertz CT molecular complexity index is 513. The highest BCUT2D eigenvalue weighted by molar-refractivity contribution is 7.15. The standard InChI is InChI=1S/C14H18N2O2S/c1-3-16(11-7-5-4-6-8-11)14-15-12(10-18-2)13(9-17)19-14/h4-8,17H,3,9-10H2,1-2H3. The van der Waals surface area contributed by atoms with E-state index in [1.54, 1.807) is 7.11 Å². The van der Waals surface area contributed by atoms with E-state index in [2.05, 4.69) is 28.9 Å². The van der Waals surface area contributed by atoms with Crippen LogP contribution in [0.15, 0.2) is 30.3 Å². The van der Waals surface area contributed by atoms with Crippen molar-refractivity contribution in [3.8, 4) is 0 Å². The fraction of sp³-hybridized carbons (Fsp3) is 0.357. The number of para-hydroxylation sites is 1. The third-order valence-corrected chi connectivity index (χ3v) is 3.91. The summed E-state index contributed by atoms with van der Waals surface area (Å²) in [4.78, 5) is 7.57. The Hall–Kier alpha value is -1.43. The van der Waals surface area contributed by atoms with Crippen molar-refractivity contribution in [2.24, 2.45) is 0 Å². The van der Waals surface area contributed by atoms with Crippen molar-refractivity contribution in [3.63, 3.8) is 0 Å². The minimum absolute atomic E-state index is 0.00268. The van der Waals surface area contributed by atoms with Crippen LogP contribution in [0.25, 0.3) is 0 Å². The van der Waals surface area contributed by atoms with Crippen LogP contribution >= 0.6 is 11.3 Å². The summed E-state index contributed by atoms with van der Waals surface area (Å²) in [5, 5.41) is 10.3. The summed E-state index contributed by atoms with van der Waals surface area (Å²) in [5.41, 5.74) is 1.92. The van der Waals surface area contributed by atoms with Crippen molar-refractivity contribution in [1.82, 2.24) is 4.98 Å². The average Bonchev–Trinajstić information content (AvgIpc) is 2.84. The number of aliphatic hydroxyl groups is 1. The van der Waals surface area contributed by atoms with Crippen molar-refractivity contribution in [3.05, 3.63) is 40.9 Å². The lowest BCUT2D eigenvalue weighted by atomic mass is 10.3. The molecule has 0 saturated carbocycles. The minimum atomic E-state index is 0.00268. The smallest absolute Gasteiger partial charge is 0.190 e. The van der Waals surface area contributed by atoms with E-state index in [9.17, 15) is 5.11 Å². The molecule has 0 unspecified atom stereocenters. The molecule has 0 amide bonds. The molecule has 1 aromatic carbocycles. The van der Waals surface area contributed by atoms with Gasteiger partial charge in [0.1, 0.15) is 0 Å². The van der Waals surface area contributed by atoms with Crippen molar-refractivity contribution in [1.29, 1.82) is 0 Å². The maximum absolute atomic E-state index is 9.38. The monoisotopic (exact) mass is 278 g/mol. The van der Waals surface area contributed by atoms with Gasteiger partial charge in [0.2, 0.25) is 0 Å². The Morgan fingerprint density at radius 1 is 1.32 bits per heavy atom. The summed E-state index contributed by atoms with van der Waals surface area (Å²) >= 11 is 1.51.